The van der Waals surface area contributed by atoms with Crippen LogP contribution in [0.15, 0.2) is 0 Å². The van der Waals surface area contributed by atoms with Crippen LogP contribution in [-0.2, 0) is 28.9 Å². The van der Waals surface area contributed by atoms with Gasteiger partial charge in [0.1, 0.15) is 0 Å². The molecule has 150 valence electrons. The molecule has 1 saturated heterocycles. The first-order valence-corrected chi connectivity index (χ1v) is 10.3. The molecule has 1 unspecified atom stereocenters. The maximum absolute atomic E-state index is 13.1. The number of hydrogen-bond acceptors (Lipinski definition) is 5. The second kappa shape index (κ2) is 9.35. The summed E-state index contributed by atoms with van der Waals surface area (Å²) < 4.78 is 6.75. The molecule has 1 aromatic rings. The Bertz CT molecular complexity index is 664. The van der Waals surface area contributed by atoms with Crippen molar-refractivity contribution in [1.82, 2.24) is 20.0 Å². The molecule has 0 aromatic carbocycles. The molecule has 0 spiro atoms. The first kappa shape index (κ1) is 19.9. The fraction of sp³-hybridized carbons (Fsp3) is 0.750. The van der Waals surface area contributed by atoms with Crippen molar-refractivity contribution in [1.29, 1.82) is 0 Å². The van der Waals surface area contributed by atoms with Gasteiger partial charge in [0.2, 0.25) is 0 Å². The Hall–Kier alpha value is -1.89. The molecule has 0 radical (unpaired) electrons. The Morgan fingerprint density at radius 2 is 2.04 bits per heavy atom. The molecule has 7 heteroatoms. The molecule has 1 amide bonds. The minimum Gasteiger partial charge on any atom is -0.469 e. The average molecular weight is 377 g/mol. The summed E-state index contributed by atoms with van der Waals surface area (Å²) in [6.07, 6.45) is 7.48. The number of amides is 1. The zero-order valence-electron chi connectivity index (χ0n) is 16.6. The van der Waals surface area contributed by atoms with Crippen molar-refractivity contribution in [2.45, 2.75) is 70.9 Å². The van der Waals surface area contributed by atoms with E-state index in [0.29, 0.717) is 18.7 Å². The molecule has 1 atom stereocenters. The number of hydrogen-bond donors (Lipinski definition) is 1. The number of aryl methyl sites for hydroxylation is 1. The molecule has 1 fully saturated rings. The molecule has 1 aliphatic heterocycles. The second-order valence-electron chi connectivity index (χ2n) is 7.57. The summed E-state index contributed by atoms with van der Waals surface area (Å²) in [5, 5.41) is 8.19. The van der Waals surface area contributed by atoms with Crippen molar-refractivity contribution >= 4 is 11.9 Å². The fourth-order valence-corrected chi connectivity index (χ4v) is 4.16. The van der Waals surface area contributed by atoms with Crippen molar-refractivity contribution in [3.63, 3.8) is 0 Å². The van der Waals surface area contributed by atoms with Crippen LogP contribution in [0, 0.1) is 0 Å². The third kappa shape index (κ3) is 4.69. The predicted octanol–water partition coefficient (Wildman–Crippen LogP) is 1.93. The van der Waals surface area contributed by atoms with Gasteiger partial charge in [-0.05, 0) is 44.9 Å². The normalized spacial score (nSPS) is 19.6. The Balaban J connectivity index is 1.73. The zero-order chi connectivity index (χ0) is 19.2. The topological polar surface area (TPSA) is 76.5 Å². The monoisotopic (exact) mass is 376 g/mol. The van der Waals surface area contributed by atoms with E-state index >= 15 is 0 Å². The van der Waals surface area contributed by atoms with Crippen LogP contribution in [0.1, 0.15) is 67.2 Å². The van der Waals surface area contributed by atoms with Gasteiger partial charge in [0.15, 0.2) is 5.69 Å². The Morgan fingerprint density at radius 3 is 2.74 bits per heavy atom. The van der Waals surface area contributed by atoms with E-state index in [-0.39, 0.29) is 17.9 Å². The second-order valence-corrected chi connectivity index (χ2v) is 7.57. The molecule has 1 N–H and O–H groups in total. The van der Waals surface area contributed by atoms with E-state index in [2.05, 4.69) is 16.9 Å². The van der Waals surface area contributed by atoms with Crippen molar-refractivity contribution < 1.29 is 14.3 Å². The predicted molar refractivity (Wildman–Crippen MR) is 103 cm³/mol. The molecule has 3 rings (SSSR count). The molecule has 0 bridgehead atoms. The fourth-order valence-electron chi connectivity index (χ4n) is 4.16. The zero-order valence-corrected chi connectivity index (χ0v) is 16.6. The van der Waals surface area contributed by atoms with Gasteiger partial charge in [-0.15, -0.1) is 0 Å². The number of ether oxygens (including phenoxy) is 1. The van der Waals surface area contributed by atoms with Crippen LogP contribution in [0.2, 0.25) is 0 Å². The van der Waals surface area contributed by atoms with Gasteiger partial charge < -0.3 is 15.0 Å². The van der Waals surface area contributed by atoms with Gasteiger partial charge >= 0.3 is 5.97 Å². The quantitative estimate of drug-likeness (QED) is 0.736. The van der Waals surface area contributed by atoms with Crippen LogP contribution in [-0.4, -0.2) is 59.3 Å². The number of piperidine rings is 1. The lowest BCUT2D eigenvalue weighted by atomic mass is 9.90. The Morgan fingerprint density at radius 1 is 1.26 bits per heavy atom. The van der Waals surface area contributed by atoms with E-state index in [4.69, 9.17) is 9.84 Å². The van der Waals surface area contributed by atoms with E-state index in [1.54, 1.807) is 0 Å². The third-order valence-corrected chi connectivity index (χ3v) is 5.62. The van der Waals surface area contributed by atoms with E-state index < -0.39 is 0 Å². The summed E-state index contributed by atoms with van der Waals surface area (Å²) in [5.74, 6) is -0.105. The number of rotatable bonds is 7. The number of esters is 1. The van der Waals surface area contributed by atoms with Crippen LogP contribution in [0.5, 0.6) is 0 Å². The third-order valence-electron chi connectivity index (χ3n) is 5.62. The first-order chi connectivity index (χ1) is 13.1. The minimum atomic E-state index is -0.198. The summed E-state index contributed by atoms with van der Waals surface area (Å²) in [6, 6.07) is 0.273. The molecule has 1 aromatic heterocycles. The highest BCUT2D eigenvalue weighted by atomic mass is 16.5. The van der Waals surface area contributed by atoms with Crippen LogP contribution in [0.4, 0.5) is 0 Å². The lowest BCUT2D eigenvalue weighted by molar-refractivity contribution is -0.140. The van der Waals surface area contributed by atoms with Gasteiger partial charge in [0.05, 0.1) is 13.5 Å². The number of carbonyl (C=O) groups is 2. The van der Waals surface area contributed by atoms with Gasteiger partial charge in [-0.1, -0.05) is 6.92 Å². The maximum atomic E-state index is 13.1. The minimum absolute atomic E-state index is 0.0935. The van der Waals surface area contributed by atoms with Crippen molar-refractivity contribution in [3.8, 4) is 0 Å². The number of nitrogens with zero attached hydrogens (tertiary/aromatic N) is 3. The number of aromatic nitrogens is 2. The summed E-state index contributed by atoms with van der Waals surface area (Å²) in [5.41, 5.74) is 2.99. The number of likely N-dealkylation sites (tertiary alicyclic amines) is 1. The molecular formula is C20H32N4O3. The summed E-state index contributed by atoms with van der Waals surface area (Å²) in [6.45, 7) is 5.28. The Kier molecular flexibility index (Phi) is 6.88. The molecule has 2 heterocycles. The number of methoxy groups -OCH3 is 1. The summed E-state index contributed by atoms with van der Waals surface area (Å²) in [7, 11) is 1.41. The molecule has 27 heavy (non-hydrogen) atoms. The molecular weight excluding hydrogens is 344 g/mol. The van der Waals surface area contributed by atoms with Crippen molar-refractivity contribution in [2.24, 2.45) is 0 Å². The van der Waals surface area contributed by atoms with Gasteiger partial charge in [-0.3, -0.25) is 14.3 Å². The van der Waals surface area contributed by atoms with Crippen molar-refractivity contribution in [3.05, 3.63) is 17.0 Å². The molecule has 0 saturated carbocycles. The van der Waals surface area contributed by atoms with E-state index in [9.17, 15) is 9.59 Å². The lowest BCUT2D eigenvalue weighted by Gasteiger charge is -2.27. The lowest BCUT2D eigenvalue weighted by Crippen LogP contribution is -2.38. The van der Waals surface area contributed by atoms with E-state index in [1.807, 2.05) is 4.90 Å². The highest BCUT2D eigenvalue weighted by Crippen LogP contribution is 2.27. The van der Waals surface area contributed by atoms with Gasteiger partial charge in [-0.25, -0.2) is 0 Å². The van der Waals surface area contributed by atoms with Crippen LogP contribution >= 0.6 is 0 Å². The molecule has 1 aliphatic carbocycles. The summed E-state index contributed by atoms with van der Waals surface area (Å²) in [4.78, 5) is 26.4. The Labute approximate surface area is 161 Å². The largest absolute Gasteiger partial charge is 0.469 e. The number of fused-ring (bicyclic) bond motifs is 1. The average Bonchev–Trinajstić information content (AvgIpc) is 3.06. The number of nitrogens with one attached hydrogen (secondary N) is 1. The standard InChI is InChI=1S/C20H32N4O3/c1-3-11-24-17-8-7-15(21-10-9-18(25)27-2)14-16(17)19(22-24)20(26)23-12-5-4-6-13-23/h15,21H,3-14H2,1-2H3. The summed E-state index contributed by atoms with van der Waals surface area (Å²) >= 11 is 0. The van der Waals surface area contributed by atoms with Crippen molar-refractivity contribution in [2.75, 3.05) is 26.7 Å². The first-order valence-electron chi connectivity index (χ1n) is 10.3. The smallest absolute Gasteiger partial charge is 0.306 e. The van der Waals surface area contributed by atoms with Crippen LogP contribution < -0.4 is 5.32 Å². The molecule has 2 aliphatic rings. The molecule has 7 nitrogen and oxygen atoms in total. The van der Waals surface area contributed by atoms with E-state index in [1.165, 1.54) is 19.2 Å². The highest BCUT2D eigenvalue weighted by Gasteiger charge is 2.31. The maximum Gasteiger partial charge on any atom is 0.306 e. The van der Waals surface area contributed by atoms with Gasteiger partial charge in [0.25, 0.3) is 5.91 Å². The number of carbonyl (C=O) groups excluding carboxylic acids is 2. The SMILES string of the molecule is CCCn1nc(C(=O)N2CCCCC2)c2c1CCC(NCCC(=O)OC)C2. The van der Waals surface area contributed by atoms with Gasteiger partial charge in [0, 0.05) is 43.5 Å². The van der Waals surface area contributed by atoms with Crippen LogP contribution in [0.3, 0.4) is 0 Å². The van der Waals surface area contributed by atoms with E-state index in [0.717, 1.165) is 63.7 Å². The highest BCUT2D eigenvalue weighted by molar-refractivity contribution is 5.94. The van der Waals surface area contributed by atoms with Crippen LogP contribution in [0.25, 0.3) is 0 Å². The van der Waals surface area contributed by atoms with Gasteiger partial charge in [-0.2, -0.15) is 5.10 Å².